The average Bonchev–Trinajstić information content (AvgIpc) is 3.03. The molecular formula is C24H26NO3P. The maximum Gasteiger partial charge on any atom is 0.144 e. The fourth-order valence-corrected chi connectivity index (χ4v) is 6.90. The van der Waals surface area contributed by atoms with Gasteiger partial charge in [-0.05, 0) is 16.7 Å². The molecule has 1 fully saturated rings. The van der Waals surface area contributed by atoms with Crippen LogP contribution in [0.2, 0.25) is 0 Å². The highest BCUT2D eigenvalue weighted by Gasteiger charge is 2.44. The summed E-state index contributed by atoms with van der Waals surface area (Å²) in [6, 6.07) is 29.6. The summed E-state index contributed by atoms with van der Waals surface area (Å²) in [7, 11) is -2.74. The van der Waals surface area contributed by atoms with E-state index >= 15 is 0 Å². The number of hydrogen-bond donors (Lipinski definition) is 2. The number of aliphatic hydroxyl groups is 1. The summed E-state index contributed by atoms with van der Waals surface area (Å²) >= 11 is 0. The molecule has 3 N–H and O–H groups in total. The minimum Gasteiger partial charge on any atom is -0.391 e. The van der Waals surface area contributed by atoms with Crippen LogP contribution in [0, 0.1) is 0 Å². The second-order valence-corrected chi connectivity index (χ2v) is 10.8. The van der Waals surface area contributed by atoms with Crippen LogP contribution in [0.5, 0.6) is 0 Å². The molecule has 4 nitrogen and oxygen atoms in total. The molecule has 4 rings (SSSR count). The van der Waals surface area contributed by atoms with E-state index in [1.807, 2.05) is 91.0 Å². The molecule has 3 atom stereocenters. The maximum atomic E-state index is 13.4. The van der Waals surface area contributed by atoms with Gasteiger partial charge in [-0.2, -0.15) is 0 Å². The van der Waals surface area contributed by atoms with Crippen molar-refractivity contribution in [2.24, 2.45) is 5.73 Å². The first-order chi connectivity index (χ1) is 14.0. The average molecular weight is 407 g/mol. The fraction of sp³-hybridized carbons (Fsp3) is 0.250. The molecule has 3 aromatic carbocycles. The number of hydrogen-bond acceptors (Lipinski definition) is 4. The predicted molar refractivity (Wildman–Crippen MR) is 116 cm³/mol. The van der Waals surface area contributed by atoms with E-state index in [2.05, 4.69) is 0 Å². The van der Waals surface area contributed by atoms with Gasteiger partial charge in [0, 0.05) is 18.4 Å². The van der Waals surface area contributed by atoms with E-state index in [0.717, 1.165) is 16.7 Å². The molecule has 1 aliphatic rings. The zero-order valence-corrected chi connectivity index (χ0v) is 17.1. The highest BCUT2D eigenvalue weighted by Crippen LogP contribution is 2.54. The molecule has 0 saturated carbocycles. The molecule has 29 heavy (non-hydrogen) atoms. The molecule has 3 aromatic rings. The van der Waals surface area contributed by atoms with Crippen LogP contribution in [0.25, 0.3) is 0 Å². The van der Waals surface area contributed by atoms with Crippen LogP contribution in [0.15, 0.2) is 91.0 Å². The smallest absolute Gasteiger partial charge is 0.144 e. The third-order valence-electron chi connectivity index (χ3n) is 5.61. The lowest BCUT2D eigenvalue weighted by Gasteiger charge is -2.36. The summed E-state index contributed by atoms with van der Waals surface area (Å²) in [6.45, 7) is 0. The van der Waals surface area contributed by atoms with Crippen LogP contribution in [0.1, 0.15) is 16.7 Å². The van der Waals surface area contributed by atoms with Crippen molar-refractivity contribution in [2.75, 3.05) is 18.7 Å². The molecule has 150 valence electrons. The molecule has 1 heterocycles. The monoisotopic (exact) mass is 407 g/mol. The van der Waals surface area contributed by atoms with Crippen LogP contribution < -0.4 is 5.73 Å². The van der Waals surface area contributed by atoms with Crippen molar-refractivity contribution in [2.45, 2.75) is 17.7 Å². The molecule has 0 spiro atoms. The minimum absolute atomic E-state index is 0.0659. The van der Waals surface area contributed by atoms with Gasteiger partial charge in [-0.25, -0.2) is 0 Å². The molecule has 5 heteroatoms. The number of rotatable bonds is 6. The van der Waals surface area contributed by atoms with Gasteiger partial charge >= 0.3 is 0 Å². The molecule has 0 amide bonds. The van der Waals surface area contributed by atoms with Crippen molar-refractivity contribution in [3.63, 3.8) is 0 Å². The van der Waals surface area contributed by atoms with E-state index in [1.165, 1.54) is 0 Å². The Labute approximate surface area is 171 Å². The van der Waals surface area contributed by atoms with Crippen LogP contribution in [0.3, 0.4) is 0 Å². The summed E-state index contributed by atoms with van der Waals surface area (Å²) < 4.78 is 20.1. The number of benzene rings is 3. The second-order valence-electron chi connectivity index (χ2n) is 7.71. The minimum atomic E-state index is -2.74. The van der Waals surface area contributed by atoms with Crippen molar-refractivity contribution in [1.29, 1.82) is 0 Å². The van der Waals surface area contributed by atoms with Crippen molar-refractivity contribution in [3.8, 4) is 0 Å². The standard InChI is InChI=1S/C24H26NO3P/c25-22-16-29(27,17-23(22)26)18-28-24(19-10-4-1-5-11-19,20-12-6-2-7-13-20)21-14-8-3-9-15-21/h1-15,22-23,26H,16-18,25H2/t22-,23-,29+/m0/s1. The van der Waals surface area contributed by atoms with Crippen LogP contribution in [0.4, 0.5) is 0 Å². The van der Waals surface area contributed by atoms with Gasteiger partial charge in [0.1, 0.15) is 19.1 Å². The summed E-state index contributed by atoms with van der Waals surface area (Å²) in [5.41, 5.74) is 7.94. The summed E-state index contributed by atoms with van der Waals surface area (Å²) in [5.74, 6) is 0. The van der Waals surface area contributed by atoms with Crippen molar-refractivity contribution in [1.82, 2.24) is 0 Å². The first kappa shape index (κ1) is 20.1. The molecule has 0 radical (unpaired) electrons. The fourth-order valence-electron chi connectivity index (χ4n) is 4.15. The van der Waals surface area contributed by atoms with Crippen LogP contribution in [-0.2, 0) is 14.9 Å². The van der Waals surface area contributed by atoms with E-state index in [1.54, 1.807) is 0 Å². The lowest BCUT2D eigenvalue weighted by atomic mass is 9.80. The number of nitrogens with two attached hydrogens (primary N) is 1. The lowest BCUT2D eigenvalue weighted by Crippen LogP contribution is -2.33. The normalized spacial score (nSPS) is 24.5. The highest BCUT2D eigenvalue weighted by atomic mass is 31.2. The van der Waals surface area contributed by atoms with E-state index < -0.39 is 24.9 Å². The van der Waals surface area contributed by atoms with Crippen LogP contribution in [-0.4, -0.2) is 35.9 Å². The highest BCUT2D eigenvalue weighted by molar-refractivity contribution is 7.64. The van der Waals surface area contributed by atoms with Gasteiger partial charge in [0.05, 0.1) is 6.10 Å². The quantitative estimate of drug-likeness (QED) is 0.478. The van der Waals surface area contributed by atoms with E-state index in [4.69, 9.17) is 10.5 Å². The number of ether oxygens (including phenoxy) is 1. The third-order valence-corrected chi connectivity index (χ3v) is 8.34. The Morgan fingerprint density at radius 2 is 1.24 bits per heavy atom. The van der Waals surface area contributed by atoms with Gasteiger partial charge in [0.15, 0.2) is 0 Å². The second kappa shape index (κ2) is 8.25. The maximum absolute atomic E-state index is 13.4. The molecule has 0 bridgehead atoms. The van der Waals surface area contributed by atoms with Gasteiger partial charge < -0.3 is 20.1 Å². The van der Waals surface area contributed by atoms with Gasteiger partial charge in [-0.3, -0.25) is 0 Å². The Morgan fingerprint density at radius 3 is 1.59 bits per heavy atom. The molecule has 0 unspecified atom stereocenters. The third kappa shape index (κ3) is 3.94. The summed E-state index contributed by atoms with van der Waals surface area (Å²) in [6.07, 6.45) is -0.147. The lowest BCUT2D eigenvalue weighted by molar-refractivity contribution is 0.0423. The zero-order valence-electron chi connectivity index (χ0n) is 16.2. The Bertz CT molecular complexity index is 868. The Kier molecular flexibility index (Phi) is 5.71. The molecule has 1 saturated heterocycles. The summed E-state index contributed by atoms with van der Waals surface area (Å²) in [4.78, 5) is 0. The van der Waals surface area contributed by atoms with E-state index in [9.17, 15) is 9.67 Å². The van der Waals surface area contributed by atoms with Gasteiger partial charge in [-0.1, -0.05) is 91.0 Å². The first-order valence-electron chi connectivity index (χ1n) is 9.85. The predicted octanol–water partition coefficient (Wildman–Crippen LogP) is 4.02. The molecule has 1 aliphatic heterocycles. The van der Waals surface area contributed by atoms with Gasteiger partial charge in [0.2, 0.25) is 0 Å². The number of aliphatic hydroxyl groups excluding tert-OH is 1. The Hall–Kier alpha value is -2.23. The SMILES string of the molecule is N[C@H]1C[P@](=O)(COC(c2ccccc2)(c2ccccc2)c2ccccc2)C[C@@H]1O. The Morgan fingerprint density at radius 1 is 0.828 bits per heavy atom. The molecular weight excluding hydrogens is 381 g/mol. The molecule has 0 aromatic heterocycles. The zero-order chi connectivity index (χ0) is 20.3. The van der Waals surface area contributed by atoms with E-state index in [0.29, 0.717) is 6.16 Å². The molecule has 0 aliphatic carbocycles. The van der Waals surface area contributed by atoms with Gasteiger partial charge in [0.25, 0.3) is 0 Å². The van der Waals surface area contributed by atoms with Crippen LogP contribution >= 0.6 is 7.14 Å². The van der Waals surface area contributed by atoms with Gasteiger partial charge in [-0.15, -0.1) is 0 Å². The van der Waals surface area contributed by atoms with E-state index in [-0.39, 0.29) is 12.5 Å². The first-order valence-corrected chi connectivity index (χ1v) is 12.1. The Balaban J connectivity index is 1.83. The van der Waals surface area contributed by atoms with Crippen molar-refractivity contribution in [3.05, 3.63) is 108 Å². The summed E-state index contributed by atoms with van der Waals surface area (Å²) in [5, 5.41) is 10.1. The van der Waals surface area contributed by atoms with Crippen molar-refractivity contribution < 1.29 is 14.4 Å². The topological polar surface area (TPSA) is 72.6 Å². The van der Waals surface area contributed by atoms with Crippen molar-refractivity contribution >= 4 is 7.14 Å². The largest absolute Gasteiger partial charge is 0.391 e.